The molecule has 1 aliphatic heterocycles. The Morgan fingerprint density at radius 1 is 1.00 bits per heavy atom. The van der Waals surface area contributed by atoms with E-state index < -0.39 is 10.0 Å². The lowest BCUT2D eigenvalue weighted by atomic mass is 10.1. The largest absolute Gasteiger partial charge is 0.305 e. The van der Waals surface area contributed by atoms with Gasteiger partial charge in [0.1, 0.15) is 0 Å². The topological polar surface area (TPSA) is 57.7 Å². The molecule has 0 saturated carbocycles. The number of amides is 1. The van der Waals surface area contributed by atoms with Crippen molar-refractivity contribution in [3.8, 4) is 0 Å². The minimum Gasteiger partial charge on any atom is -0.305 e. The fourth-order valence-corrected chi connectivity index (χ4v) is 5.04. The van der Waals surface area contributed by atoms with Crippen molar-refractivity contribution in [1.82, 2.24) is 0 Å². The Kier molecular flexibility index (Phi) is 5.12. The maximum atomic E-state index is 13.3. The highest BCUT2D eigenvalue weighted by Gasteiger charge is 2.31. The number of fused-ring (bicyclic) bond motifs is 1. The molecular formula is C24H24N2O3S. The van der Waals surface area contributed by atoms with Gasteiger partial charge in [0.2, 0.25) is 0 Å². The molecule has 0 fully saturated rings. The first-order chi connectivity index (χ1) is 14.3. The lowest BCUT2D eigenvalue weighted by Crippen LogP contribution is -2.36. The molecule has 30 heavy (non-hydrogen) atoms. The molecule has 3 aromatic carbocycles. The van der Waals surface area contributed by atoms with Crippen molar-refractivity contribution in [2.24, 2.45) is 0 Å². The molecule has 0 aliphatic carbocycles. The van der Waals surface area contributed by atoms with Crippen LogP contribution in [0.15, 0.2) is 77.7 Å². The van der Waals surface area contributed by atoms with E-state index in [0.29, 0.717) is 11.3 Å². The molecule has 1 amide bonds. The summed E-state index contributed by atoms with van der Waals surface area (Å²) in [6, 6.07) is 21.5. The fourth-order valence-electron chi connectivity index (χ4n) is 3.86. The Labute approximate surface area is 177 Å². The van der Waals surface area contributed by atoms with Crippen LogP contribution in [0.1, 0.15) is 28.4 Å². The van der Waals surface area contributed by atoms with E-state index in [9.17, 15) is 13.2 Å². The smallest absolute Gasteiger partial charge is 0.264 e. The molecule has 0 radical (unpaired) electrons. The molecule has 0 unspecified atom stereocenters. The van der Waals surface area contributed by atoms with Gasteiger partial charge in [0.15, 0.2) is 0 Å². The number of anilines is 2. The summed E-state index contributed by atoms with van der Waals surface area (Å²) >= 11 is 0. The average molecular weight is 421 g/mol. The van der Waals surface area contributed by atoms with E-state index in [-0.39, 0.29) is 16.8 Å². The number of sulfonamides is 1. The first-order valence-electron chi connectivity index (χ1n) is 9.86. The van der Waals surface area contributed by atoms with Crippen LogP contribution in [-0.4, -0.2) is 27.4 Å². The van der Waals surface area contributed by atoms with E-state index in [1.54, 1.807) is 53.4 Å². The molecule has 0 bridgehead atoms. The minimum absolute atomic E-state index is 0.0487. The van der Waals surface area contributed by atoms with Crippen LogP contribution in [0.2, 0.25) is 0 Å². The van der Waals surface area contributed by atoms with Crippen LogP contribution in [-0.2, 0) is 16.4 Å². The summed E-state index contributed by atoms with van der Waals surface area (Å²) in [7, 11) is -2.21. The van der Waals surface area contributed by atoms with Gasteiger partial charge in [0.05, 0.1) is 10.6 Å². The van der Waals surface area contributed by atoms with Gasteiger partial charge >= 0.3 is 0 Å². The van der Waals surface area contributed by atoms with Gasteiger partial charge in [0.25, 0.3) is 15.9 Å². The Bertz CT molecular complexity index is 1200. The Morgan fingerprint density at radius 3 is 2.43 bits per heavy atom. The van der Waals surface area contributed by atoms with E-state index in [1.807, 2.05) is 38.1 Å². The quantitative estimate of drug-likeness (QED) is 0.628. The molecule has 154 valence electrons. The second-order valence-corrected chi connectivity index (χ2v) is 9.66. The SMILES string of the molecule is Cc1ccc(S(=O)(=O)N(C)c2cccc(C(=O)N3c4ccccc4C[C@H]3C)c2)cc1. The number of nitrogens with zero attached hydrogens (tertiary/aromatic N) is 2. The molecule has 3 aromatic rings. The molecule has 0 aromatic heterocycles. The van der Waals surface area contributed by atoms with Crippen LogP contribution in [0.3, 0.4) is 0 Å². The molecule has 4 rings (SSSR count). The zero-order valence-electron chi connectivity index (χ0n) is 17.2. The molecule has 0 N–H and O–H groups in total. The van der Waals surface area contributed by atoms with Gasteiger partial charge < -0.3 is 4.90 Å². The van der Waals surface area contributed by atoms with E-state index in [2.05, 4.69) is 0 Å². The molecule has 1 heterocycles. The monoisotopic (exact) mass is 420 g/mol. The van der Waals surface area contributed by atoms with Gasteiger partial charge in [-0.3, -0.25) is 9.10 Å². The normalized spacial score (nSPS) is 15.7. The molecular weight excluding hydrogens is 396 g/mol. The van der Waals surface area contributed by atoms with Gasteiger partial charge in [-0.05, 0) is 62.2 Å². The standard InChI is InChI=1S/C24H24N2O3S/c1-17-11-13-22(14-12-17)30(28,29)25(3)21-9-6-8-20(16-21)24(27)26-18(2)15-19-7-4-5-10-23(19)26/h4-14,16,18H,15H2,1-3H3/t18-/m1/s1. The van der Waals surface area contributed by atoms with Crippen molar-refractivity contribution < 1.29 is 13.2 Å². The van der Waals surface area contributed by atoms with Crippen LogP contribution >= 0.6 is 0 Å². The maximum absolute atomic E-state index is 13.3. The van der Waals surface area contributed by atoms with Crippen LogP contribution < -0.4 is 9.21 Å². The summed E-state index contributed by atoms with van der Waals surface area (Å²) in [5, 5.41) is 0. The van der Waals surface area contributed by atoms with Crippen LogP contribution in [0.4, 0.5) is 11.4 Å². The maximum Gasteiger partial charge on any atom is 0.264 e. The predicted octanol–water partition coefficient (Wildman–Crippen LogP) is 4.41. The van der Waals surface area contributed by atoms with Gasteiger partial charge in [-0.15, -0.1) is 0 Å². The van der Waals surface area contributed by atoms with Crippen molar-refractivity contribution in [2.75, 3.05) is 16.3 Å². The highest BCUT2D eigenvalue weighted by molar-refractivity contribution is 7.92. The molecule has 6 heteroatoms. The lowest BCUT2D eigenvalue weighted by Gasteiger charge is -2.24. The zero-order chi connectivity index (χ0) is 21.5. The summed E-state index contributed by atoms with van der Waals surface area (Å²) in [5.74, 6) is -0.129. The minimum atomic E-state index is -3.72. The number of rotatable bonds is 4. The Balaban J connectivity index is 1.66. The number of para-hydroxylation sites is 1. The number of benzene rings is 3. The third-order valence-electron chi connectivity index (χ3n) is 5.56. The second kappa shape index (κ2) is 7.61. The van der Waals surface area contributed by atoms with Crippen LogP contribution in [0.25, 0.3) is 0 Å². The van der Waals surface area contributed by atoms with Crippen molar-refractivity contribution >= 4 is 27.3 Å². The number of carbonyl (C=O) groups excluding carboxylic acids is 1. The molecule has 0 spiro atoms. The fraction of sp³-hybridized carbons (Fsp3) is 0.208. The Morgan fingerprint density at radius 2 is 1.70 bits per heavy atom. The molecule has 1 aliphatic rings. The number of aryl methyl sites for hydroxylation is 1. The van der Waals surface area contributed by atoms with Crippen molar-refractivity contribution in [1.29, 1.82) is 0 Å². The number of hydrogen-bond acceptors (Lipinski definition) is 3. The number of carbonyl (C=O) groups is 1. The highest BCUT2D eigenvalue weighted by atomic mass is 32.2. The first-order valence-corrected chi connectivity index (χ1v) is 11.3. The van der Waals surface area contributed by atoms with Gasteiger partial charge in [-0.25, -0.2) is 8.42 Å². The lowest BCUT2D eigenvalue weighted by molar-refractivity contribution is 0.0981. The first kappa shape index (κ1) is 20.2. The van der Waals surface area contributed by atoms with E-state index >= 15 is 0 Å². The number of hydrogen-bond donors (Lipinski definition) is 0. The molecule has 1 atom stereocenters. The van der Waals surface area contributed by atoms with E-state index in [1.165, 1.54) is 11.4 Å². The summed E-state index contributed by atoms with van der Waals surface area (Å²) < 4.78 is 27.3. The van der Waals surface area contributed by atoms with Crippen LogP contribution in [0, 0.1) is 6.92 Å². The van der Waals surface area contributed by atoms with E-state index in [0.717, 1.165) is 23.2 Å². The third kappa shape index (κ3) is 3.48. The Hall–Kier alpha value is -3.12. The van der Waals surface area contributed by atoms with Crippen LogP contribution in [0.5, 0.6) is 0 Å². The third-order valence-corrected chi connectivity index (χ3v) is 7.36. The van der Waals surface area contributed by atoms with Gasteiger partial charge in [0, 0.05) is 24.3 Å². The van der Waals surface area contributed by atoms with Crippen molar-refractivity contribution in [3.05, 3.63) is 89.5 Å². The predicted molar refractivity (Wildman–Crippen MR) is 120 cm³/mol. The second-order valence-electron chi connectivity index (χ2n) is 7.69. The summed E-state index contributed by atoms with van der Waals surface area (Å²) in [4.78, 5) is 15.3. The van der Waals surface area contributed by atoms with Gasteiger partial charge in [-0.1, -0.05) is 42.0 Å². The van der Waals surface area contributed by atoms with Crippen molar-refractivity contribution in [2.45, 2.75) is 31.2 Å². The average Bonchev–Trinajstić information content (AvgIpc) is 3.08. The zero-order valence-corrected chi connectivity index (χ0v) is 18.1. The van der Waals surface area contributed by atoms with Crippen molar-refractivity contribution in [3.63, 3.8) is 0 Å². The summed E-state index contributed by atoms with van der Waals surface area (Å²) in [5.41, 5.74) is 3.96. The summed E-state index contributed by atoms with van der Waals surface area (Å²) in [6.45, 7) is 3.93. The summed E-state index contributed by atoms with van der Waals surface area (Å²) in [6.07, 6.45) is 0.809. The molecule has 5 nitrogen and oxygen atoms in total. The highest BCUT2D eigenvalue weighted by Crippen LogP contribution is 2.33. The van der Waals surface area contributed by atoms with Gasteiger partial charge in [-0.2, -0.15) is 0 Å². The van der Waals surface area contributed by atoms with E-state index in [4.69, 9.17) is 0 Å². The molecule has 0 saturated heterocycles.